The quantitative estimate of drug-likeness (QED) is 0.400. The summed E-state index contributed by atoms with van der Waals surface area (Å²) in [7, 11) is -2.46. The zero-order valence-corrected chi connectivity index (χ0v) is 22.7. The van der Waals surface area contributed by atoms with Gasteiger partial charge in [-0.05, 0) is 80.8 Å². The minimum atomic E-state index is -3.87. The smallest absolute Gasteiger partial charge is 0.344 e. The Morgan fingerprint density at radius 3 is 2.50 bits per heavy atom. The summed E-state index contributed by atoms with van der Waals surface area (Å²) in [6.45, 7) is 6.34. The van der Waals surface area contributed by atoms with E-state index < -0.39 is 39.9 Å². The normalized spacial score (nSPS) is 15.9. The van der Waals surface area contributed by atoms with E-state index in [1.54, 1.807) is 45.9 Å². The van der Waals surface area contributed by atoms with E-state index in [1.165, 1.54) is 31.3 Å². The first-order valence-corrected chi connectivity index (χ1v) is 13.3. The molecule has 0 bridgehead atoms. The van der Waals surface area contributed by atoms with Crippen molar-refractivity contribution in [3.8, 4) is 22.9 Å². The van der Waals surface area contributed by atoms with E-state index in [2.05, 4.69) is 0 Å². The van der Waals surface area contributed by atoms with Crippen molar-refractivity contribution in [3.05, 3.63) is 76.2 Å². The monoisotopic (exact) mass is 544 g/mol. The molecule has 0 saturated heterocycles. The van der Waals surface area contributed by atoms with Gasteiger partial charge in [-0.2, -0.15) is 9.57 Å². The van der Waals surface area contributed by atoms with Gasteiger partial charge < -0.3 is 9.47 Å². The summed E-state index contributed by atoms with van der Waals surface area (Å²) in [5, 5.41) is 9.29. The molecule has 1 aliphatic carbocycles. The highest BCUT2D eigenvalue weighted by molar-refractivity contribution is 7.93. The number of carbonyl (C=O) groups is 1. The molecule has 0 heterocycles. The van der Waals surface area contributed by atoms with Crippen molar-refractivity contribution < 1.29 is 31.5 Å². The first-order valence-electron chi connectivity index (χ1n) is 11.9. The van der Waals surface area contributed by atoms with E-state index in [0.29, 0.717) is 16.7 Å². The highest BCUT2D eigenvalue weighted by Gasteiger charge is 2.28. The standard InChI is InChI=1S/C28H30F2N2O5S/c1-18-10-23(7-8-25(18)30)38(34,35)32(5)16-19-6-9-26(36-17-27(33)37-28(2,3)4)24(13-19)21-11-20(15-31)12-22(29)14-21/h6-9,11-14,18H,10,16-17H2,1-5H3. The summed E-state index contributed by atoms with van der Waals surface area (Å²) >= 11 is 0. The van der Waals surface area contributed by atoms with Gasteiger partial charge in [-0.1, -0.05) is 13.0 Å². The predicted octanol–water partition coefficient (Wildman–Crippen LogP) is 5.62. The molecule has 0 radical (unpaired) electrons. The Balaban J connectivity index is 1.94. The molecule has 0 spiro atoms. The summed E-state index contributed by atoms with van der Waals surface area (Å²) < 4.78 is 66.4. The number of nitrogens with zero attached hydrogens (tertiary/aromatic N) is 2. The van der Waals surface area contributed by atoms with E-state index >= 15 is 0 Å². The molecular weight excluding hydrogens is 514 g/mol. The molecule has 2 aromatic rings. The number of carbonyl (C=O) groups excluding carboxylic acids is 1. The number of esters is 1. The van der Waals surface area contributed by atoms with Crippen molar-refractivity contribution in [1.82, 2.24) is 4.31 Å². The van der Waals surface area contributed by atoms with Crippen LogP contribution in [-0.2, 0) is 26.1 Å². The van der Waals surface area contributed by atoms with Gasteiger partial charge >= 0.3 is 5.97 Å². The van der Waals surface area contributed by atoms with Gasteiger partial charge in [0.15, 0.2) is 6.61 Å². The van der Waals surface area contributed by atoms with E-state index in [0.717, 1.165) is 10.4 Å². The fraction of sp³-hybridized carbons (Fsp3) is 0.357. The number of sulfonamides is 1. The lowest BCUT2D eigenvalue weighted by Gasteiger charge is -2.23. The van der Waals surface area contributed by atoms with Crippen LogP contribution in [0.4, 0.5) is 8.78 Å². The van der Waals surface area contributed by atoms with Crippen molar-refractivity contribution in [3.63, 3.8) is 0 Å². The summed E-state index contributed by atoms with van der Waals surface area (Å²) in [6, 6.07) is 10.5. The van der Waals surface area contributed by atoms with Crippen molar-refractivity contribution in [2.45, 2.75) is 46.3 Å². The zero-order chi connectivity index (χ0) is 28.3. The molecular formula is C28H30F2N2O5S. The molecule has 0 fully saturated rings. The molecule has 0 amide bonds. The maximum absolute atomic E-state index is 14.3. The van der Waals surface area contributed by atoms with Crippen molar-refractivity contribution in [2.24, 2.45) is 5.92 Å². The van der Waals surface area contributed by atoms with Crippen LogP contribution in [0.25, 0.3) is 11.1 Å². The zero-order valence-electron chi connectivity index (χ0n) is 21.9. The number of rotatable bonds is 8. The number of allylic oxidation sites excluding steroid dienone is 4. The Hall–Kier alpha value is -3.55. The Morgan fingerprint density at radius 2 is 1.87 bits per heavy atom. The van der Waals surface area contributed by atoms with E-state index in [-0.39, 0.29) is 35.0 Å². The minimum Gasteiger partial charge on any atom is -0.481 e. The molecule has 1 aliphatic rings. The second-order valence-corrected chi connectivity index (χ2v) is 12.2. The minimum absolute atomic E-state index is 0.0416. The maximum Gasteiger partial charge on any atom is 0.344 e. The first kappa shape index (κ1) is 29.0. The molecule has 0 N–H and O–H groups in total. The van der Waals surface area contributed by atoms with Gasteiger partial charge in [-0.15, -0.1) is 0 Å². The van der Waals surface area contributed by atoms with Crippen LogP contribution in [-0.4, -0.2) is 37.9 Å². The van der Waals surface area contributed by atoms with Gasteiger partial charge in [0.25, 0.3) is 0 Å². The van der Waals surface area contributed by atoms with E-state index in [4.69, 9.17) is 9.47 Å². The molecule has 202 valence electrons. The molecule has 7 nitrogen and oxygen atoms in total. The lowest BCUT2D eigenvalue weighted by Crippen LogP contribution is -2.29. The Morgan fingerprint density at radius 1 is 1.16 bits per heavy atom. The SMILES string of the molecule is CC1CC(S(=O)(=O)N(C)Cc2ccc(OCC(=O)OC(C)(C)C)c(-c3cc(F)cc(C#N)c3)c2)=CC=C1F. The van der Waals surface area contributed by atoms with Gasteiger partial charge in [-0.3, -0.25) is 0 Å². The van der Waals surface area contributed by atoms with E-state index in [9.17, 15) is 27.3 Å². The number of hydrogen-bond acceptors (Lipinski definition) is 6. The molecule has 0 aliphatic heterocycles. The van der Waals surface area contributed by atoms with Crippen LogP contribution >= 0.6 is 0 Å². The number of benzene rings is 2. The third-order valence-electron chi connectivity index (χ3n) is 5.70. The fourth-order valence-electron chi connectivity index (χ4n) is 3.88. The van der Waals surface area contributed by atoms with Gasteiger partial charge in [-0.25, -0.2) is 22.0 Å². The fourth-order valence-corrected chi connectivity index (χ4v) is 5.30. The van der Waals surface area contributed by atoms with Crippen LogP contribution in [0.2, 0.25) is 0 Å². The van der Waals surface area contributed by atoms with Gasteiger partial charge in [0.1, 0.15) is 23.0 Å². The van der Waals surface area contributed by atoms with Crippen LogP contribution in [0.3, 0.4) is 0 Å². The second kappa shape index (κ2) is 11.5. The topological polar surface area (TPSA) is 96.7 Å². The summed E-state index contributed by atoms with van der Waals surface area (Å²) in [4.78, 5) is 12.3. The summed E-state index contributed by atoms with van der Waals surface area (Å²) in [6.07, 6.45) is 2.49. The molecule has 0 saturated carbocycles. The third kappa shape index (κ3) is 7.27. The maximum atomic E-state index is 14.3. The highest BCUT2D eigenvalue weighted by atomic mass is 32.2. The number of nitriles is 1. The average Bonchev–Trinajstić information content (AvgIpc) is 2.83. The van der Waals surface area contributed by atoms with E-state index in [1.807, 2.05) is 6.07 Å². The second-order valence-electron chi connectivity index (χ2n) is 10.1. The van der Waals surface area contributed by atoms with Crippen LogP contribution in [0.15, 0.2) is 59.3 Å². The van der Waals surface area contributed by atoms with Crippen LogP contribution in [0.1, 0.15) is 45.2 Å². The van der Waals surface area contributed by atoms with Crippen LogP contribution < -0.4 is 4.74 Å². The van der Waals surface area contributed by atoms with Gasteiger partial charge in [0.05, 0.1) is 16.5 Å². The number of ether oxygens (including phenoxy) is 2. The molecule has 3 rings (SSSR count). The highest BCUT2D eigenvalue weighted by Crippen LogP contribution is 2.34. The van der Waals surface area contributed by atoms with Crippen molar-refractivity contribution >= 4 is 16.0 Å². The lowest BCUT2D eigenvalue weighted by molar-refractivity contribution is -0.157. The number of hydrogen-bond donors (Lipinski definition) is 0. The predicted molar refractivity (Wildman–Crippen MR) is 139 cm³/mol. The van der Waals surface area contributed by atoms with Crippen LogP contribution in [0, 0.1) is 23.1 Å². The molecule has 10 heteroatoms. The average molecular weight is 545 g/mol. The van der Waals surface area contributed by atoms with Crippen LogP contribution in [0.5, 0.6) is 5.75 Å². The largest absolute Gasteiger partial charge is 0.481 e. The summed E-state index contributed by atoms with van der Waals surface area (Å²) in [5.41, 5.74) is 0.605. The number of halogens is 2. The third-order valence-corrected chi connectivity index (χ3v) is 7.62. The molecule has 1 unspecified atom stereocenters. The Labute approximate surface area is 222 Å². The lowest BCUT2D eigenvalue weighted by atomic mass is 10.00. The first-order chi connectivity index (χ1) is 17.7. The molecule has 1 atom stereocenters. The molecule has 0 aromatic heterocycles. The Kier molecular flexibility index (Phi) is 8.75. The molecule has 38 heavy (non-hydrogen) atoms. The molecule has 2 aromatic carbocycles. The Bertz CT molecular complexity index is 1440. The van der Waals surface area contributed by atoms with Crippen molar-refractivity contribution in [2.75, 3.05) is 13.7 Å². The van der Waals surface area contributed by atoms with Crippen molar-refractivity contribution in [1.29, 1.82) is 5.26 Å². The summed E-state index contributed by atoms with van der Waals surface area (Å²) in [5.74, 6) is -1.92. The van der Waals surface area contributed by atoms with Gasteiger partial charge in [0, 0.05) is 25.1 Å². The van der Waals surface area contributed by atoms with Gasteiger partial charge in [0.2, 0.25) is 10.0 Å².